The van der Waals surface area contributed by atoms with Crippen LogP contribution in [-0.4, -0.2) is 57.3 Å². The standard InChI is InChI=1S/C24H24N4O5/c1-32-19-7-6-17-21(29)20(13-18-15-3-2-10-25-23(15)27-26-18)33-22(17)16(19)5-4-14-8-11-28(12-9-14)24(30)31/h2-3,6-7,10,13-14H,4-5,8-9,11-12H2,1H3,(H,30,31)(H,25,26,27)/b20-13-. The zero-order valence-corrected chi connectivity index (χ0v) is 18.2. The lowest BCUT2D eigenvalue weighted by Gasteiger charge is -2.30. The summed E-state index contributed by atoms with van der Waals surface area (Å²) in [6.07, 6.45) is 5.66. The van der Waals surface area contributed by atoms with Crippen LogP contribution in [0.25, 0.3) is 17.1 Å². The second-order valence-corrected chi connectivity index (χ2v) is 8.32. The normalized spacial score (nSPS) is 17.4. The number of benzene rings is 1. The number of aromatic nitrogens is 3. The van der Waals surface area contributed by atoms with Gasteiger partial charge in [-0.2, -0.15) is 5.10 Å². The van der Waals surface area contributed by atoms with Crippen molar-refractivity contribution in [3.05, 3.63) is 53.0 Å². The molecule has 0 atom stereocenters. The number of carbonyl (C=O) groups excluding carboxylic acids is 1. The van der Waals surface area contributed by atoms with E-state index < -0.39 is 6.09 Å². The number of amides is 1. The first-order chi connectivity index (χ1) is 16.0. The van der Waals surface area contributed by atoms with Crippen LogP contribution in [0.2, 0.25) is 0 Å². The van der Waals surface area contributed by atoms with Gasteiger partial charge in [-0.25, -0.2) is 9.78 Å². The third-order valence-corrected chi connectivity index (χ3v) is 6.44. The minimum absolute atomic E-state index is 0.191. The lowest BCUT2D eigenvalue weighted by molar-refractivity contribution is 0.101. The quantitative estimate of drug-likeness (QED) is 0.568. The fourth-order valence-corrected chi connectivity index (χ4v) is 4.59. The molecule has 1 saturated heterocycles. The van der Waals surface area contributed by atoms with Gasteiger partial charge in [0.15, 0.2) is 11.4 Å². The number of pyridine rings is 1. The zero-order chi connectivity index (χ0) is 22.9. The maximum atomic E-state index is 13.1. The van der Waals surface area contributed by atoms with Crippen LogP contribution in [0, 0.1) is 5.92 Å². The van der Waals surface area contributed by atoms with Gasteiger partial charge in [-0.3, -0.25) is 9.89 Å². The SMILES string of the molecule is COc1ccc2c(c1CCC1CCN(C(=O)O)CC1)O/C(=C\c1n[nH]c3ncccc13)C2=O. The molecule has 5 rings (SSSR count). The predicted molar refractivity (Wildman–Crippen MR) is 120 cm³/mol. The van der Waals surface area contributed by atoms with E-state index in [4.69, 9.17) is 14.6 Å². The number of piperidine rings is 1. The smallest absolute Gasteiger partial charge is 0.407 e. The highest BCUT2D eigenvalue weighted by atomic mass is 16.5. The molecule has 1 aromatic carbocycles. The number of aromatic amines is 1. The Bertz CT molecular complexity index is 1260. The Kier molecular flexibility index (Phi) is 5.45. The summed E-state index contributed by atoms with van der Waals surface area (Å²) in [5.41, 5.74) is 2.60. The molecule has 0 radical (unpaired) electrons. The molecule has 0 saturated carbocycles. The van der Waals surface area contributed by atoms with Gasteiger partial charge < -0.3 is 19.5 Å². The van der Waals surface area contributed by atoms with Crippen LogP contribution in [0.4, 0.5) is 4.79 Å². The summed E-state index contributed by atoms with van der Waals surface area (Å²) in [5, 5.41) is 17.1. The minimum atomic E-state index is -0.859. The maximum Gasteiger partial charge on any atom is 0.407 e. The van der Waals surface area contributed by atoms with Gasteiger partial charge in [-0.15, -0.1) is 0 Å². The van der Waals surface area contributed by atoms with Crippen LogP contribution < -0.4 is 9.47 Å². The number of hydrogen-bond acceptors (Lipinski definition) is 6. The number of nitrogens with zero attached hydrogens (tertiary/aromatic N) is 3. The van der Waals surface area contributed by atoms with E-state index in [1.807, 2.05) is 12.1 Å². The largest absolute Gasteiger partial charge is 0.496 e. The molecule has 0 unspecified atom stereocenters. The first-order valence-corrected chi connectivity index (χ1v) is 11.0. The number of allylic oxidation sites excluding steroid dienone is 1. The van der Waals surface area contributed by atoms with Gasteiger partial charge >= 0.3 is 6.09 Å². The number of fused-ring (bicyclic) bond motifs is 2. The summed E-state index contributed by atoms with van der Waals surface area (Å²) >= 11 is 0. The monoisotopic (exact) mass is 448 g/mol. The third kappa shape index (κ3) is 3.90. The molecule has 1 fully saturated rings. The Morgan fingerprint density at radius 3 is 2.91 bits per heavy atom. The van der Waals surface area contributed by atoms with Crippen molar-refractivity contribution in [2.24, 2.45) is 5.92 Å². The molecular weight excluding hydrogens is 424 g/mol. The van der Waals surface area contributed by atoms with E-state index in [-0.39, 0.29) is 11.5 Å². The zero-order valence-electron chi connectivity index (χ0n) is 18.2. The molecule has 0 spiro atoms. The number of likely N-dealkylation sites (tertiary alicyclic amines) is 1. The summed E-state index contributed by atoms with van der Waals surface area (Å²) in [4.78, 5) is 29.9. The highest BCUT2D eigenvalue weighted by Gasteiger charge is 2.32. The number of ether oxygens (including phenoxy) is 2. The van der Waals surface area contributed by atoms with Gasteiger partial charge in [0.05, 0.1) is 18.4 Å². The van der Waals surface area contributed by atoms with Crippen LogP contribution in [0.1, 0.15) is 40.9 Å². The Morgan fingerprint density at radius 2 is 2.15 bits per heavy atom. The first-order valence-electron chi connectivity index (χ1n) is 11.0. The third-order valence-electron chi connectivity index (χ3n) is 6.44. The van der Waals surface area contributed by atoms with Gasteiger partial charge in [0, 0.05) is 36.3 Å². The number of ketones is 1. The van der Waals surface area contributed by atoms with Crippen molar-refractivity contribution in [1.82, 2.24) is 20.1 Å². The summed E-state index contributed by atoms with van der Waals surface area (Å²) in [5.74, 6) is 1.65. The fraction of sp³-hybridized carbons (Fsp3) is 0.333. The lowest BCUT2D eigenvalue weighted by Crippen LogP contribution is -2.37. The molecule has 2 aliphatic heterocycles. The predicted octanol–water partition coefficient (Wildman–Crippen LogP) is 3.91. The van der Waals surface area contributed by atoms with E-state index in [1.165, 1.54) is 4.90 Å². The average molecular weight is 448 g/mol. The van der Waals surface area contributed by atoms with Crippen molar-refractivity contribution in [2.45, 2.75) is 25.7 Å². The molecule has 0 aliphatic carbocycles. The second-order valence-electron chi connectivity index (χ2n) is 8.32. The van der Waals surface area contributed by atoms with Crippen molar-refractivity contribution in [2.75, 3.05) is 20.2 Å². The average Bonchev–Trinajstić information content (AvgIpc) is 3.39. The number of nitrogens with one attached hydrogen (secondary N) is 1. The van der Waals surface area contributed by atoms with E-state index >= 15 is 0 Å². The van der Waals surface area contributed by atoms with Crippen LogP contribution in [0.15, 0.2) is 36.2 Å². The molecule has 4 heterocycles. The van der Waals surface area contributed by atoms with Gasteiger partial charge in [-0.1, -0.05) is 0 Å². The highest BCUT2D eigenvalue weighted by Crippen LogP contribution is 2.41. The van der Waals surface area contributed by atoms with Crippen molar-refractivity contribution in [3.8, 4) is 11.5 Å². The van der Waals surface area contributed by atoms with Crippen molar-refractivity contribution < 1.29 is 24.2 Å². The van der Waals surface area contributed by atoms with E-state index in [2.05, 4.69) is 15.2 Å². The van der Waals surface area contributed by atoms with Gasteiger partial charge in [0.2, 0.25) is 5.78 Å². The fourth-order valence-electron chi connectivity index (χ4n) is 4.59. The molecule has 2 aromatic heterocycles. The summed E-state index contributed by atoms with van der Waals surface area (Å²) in [6.45, 7) is 1.11. The van der Waals surface area contributed by atoms with Gasteiger partial charge in [0.1, 0.15) is 11.5 Å². The van der Waals surface area contributed by atoms with Crippen LogP contribution in [0.5, 0.6) is 11.5 Å². The highest BCUT2D eigenvalue weighted by molar-refractivity contribution is 6.15. The van der Waals surface area contributed by atoms with E-state index in [0.29, 0.717) is 53.8 Å². The van der Waals surface area contributed by atoms with Crippen molar-refractivity contribution in [1.29, 1.82) is 0 Å². The van der Waals surface area contributed by atoms with Gasteiger partial charge in [0.25, 0.3) is 0 Å². The number of carboxylic acid groups (broad SMARTS) is 1. The number of H-pyrrole nitrogens is 1. The lowest BCUT2D eigenvalue weighted by atomic mass is 9.89. The molecule has 0 bridgehead atoms. The van der Waals surface area contributed by atoms with Crippen molar-refractivity contribution >= 4 is 29.0 Å². The Hall–Kier alpha value is -3.88. The maximum absolute atomic E-state index is 13.1. The summed E-state index contributed by atoms with van der Waals surface area (Å²) in [6, 6.07) is 7.24. The Morgan fingerprint density at radius 1 is 1.33 bits per heavy atom. The molecular formula is C24H24N4O5. The van der Waals surface area contributed by atoms with Crippen molar-refractivity contribution in [3.63, 3.8) is 0 Å². The number of methoxy groups -OCH3 is 1. The molecule has 9 heteroatoms. The van der Waals surface area contributed by atoms with E-state index in [9.17, 15) is 9.59 Å². The molecule has 2 aliphatic rings. The molecule has 1 amide bonds. The van der Waals surface area contributed by atoms with Gasteiger partial charge in [-0.05, 0) is 55.9 Å². The molecule has 33 heavy (non-hydrogen) atoms. The van der Waals surface area contributed by atoms with E-state index in [0.717, 1.165) is 30.2 Å². The van der Waals surface area contributed by atoms with E-state index in [1.54, 1.807) is 31.5 Å². The Labute approximate surface area is 190 Å². The summed E-state index contributed by atoms with van der Waals surface area (Å²) in [7, 11) is 1.60. The van der Waals surface area contributed by atoms with Crippen LogP contribution in [-0.2, 0) is 6.42 Å². The number of Topliss-reactive ketones (excluding diaryl/α,β-unsaturated/α-hetero) is 1. The topological polar surface area (TPSA) is 118 Å². The second kappa shape index (κ2) is 8.57. The molecule has 170 valence electrons. The molecule has 3 aromatic rings. The number of hydrogen-bond donors (Lipinski definition) is 2. The molecule has 2 N–H and O–H groups in total. The molecule has 9 nitrogen and oxygen atoms in total. The number of carbonyl (C=O) groups is 2. The minimum Gasteiger partial charge on any atom is -0.496 e. The van der Waals surface area contributed by atoms with Crippen LogP contribution >= 0.6 is 0 Å². The first kappa shape index (κ1) is 21.0. The Balaban J connectivity index is 1.38. The van der Waals surface area contributed by atoms with Crippen LogP contribution in [0.3, 0.4) is 0 Å². The number of rotatable bonds is 5. The summed E-state index contributed by atoms with van der Waals surface area (Å²) < 4.78 is 11.6.